The number of rotatable bonds is 2. The normalized spacial score (nSPS) is 12.5. The van der Waals surface area contributed by atoms with Crippen molar-refractivity contribution in [1.82, 2.24) is 0 Å². The van der Waals surface area contributed by atoms with E-state index in [2.05, 4.69) is 35.6 Å². The maximum absolute atomic E-state index is 13.6. The molecular formula is C25H16FNOS. The van der Waals surface area contributed by atoms with Gasteiger partial charge in [0.15, 0.2) is 0 Å². The van der Waals surface area contributed by atoms with Crippen LogP contribution in [-0.4, -0.2) is 5.91 Å². The number of fused-ring (bicyclic) bond motifs is 2. The van der Waals surface area contributed by atoms with Crippen molar-refractivity contribution in [3.05, 3.63) is 102 Å². The molecule has 1 heterocycles. The standard InChI is InChI=1S/C25H16FNOS/c26-20-10-11-21-24(15-20)29-23-12-9-19(14-22(23)27-25(21)28)18-8-4-7-17(13-18)16-5-2-1-3-6-16/h1-15H,(H,27,28). The van der Waals surface area contributed by atoms with Crippen molar-refractivity contribution in [3.63, 3.8) is 0 Å². The number of benzene rings is 4. The van der Waals surface area contributed by atoms with Crippen LogP contribution in [0.3, 0.4) is 0 Å². The van der Waals surface area contributed by atoms with E-state index in [0.717, 1.165) is 32.8 Å². The first-order valence-corrected chi connectivity index (χ1v) is 10.1. The molecule has 0 fully saturated rings. The Kier molecular flexibility index (Phi) is 4.41. The summed E-state index contributed by atoms with van der Waals surface area (Å²) in [7, 11) is 0. The van der Waals surface area contributed by atoms with Crippen molar-refractivity contribution in [2.24, 2.45) is 0 Å². The molecule has 4 heteroatoms. The number of hydrogen-bond acceptors (Lipinski definition) is 2. The van der Waals surface area contributed by atoms with Gasteiger partial charge in [-0.2, -0.15) is 0 Å². The van der Waals surface area contributed by atoms with E-state index >= 15 is 0 Å². The molecule has 0 spiro atoms. The van der Waals surface area contributed by atoms with Crippen LogP contribution in [0.1, 0.15) is 10.4 Å². The second-order valence-electron chi connectivity index (χ2n) is 6.85. The smallest absolute Gasteiger partial charge is 0.256 e. The van der Waals surface area contributed by atoms with E-state index in [1.54, 1.807) is 0 Å². The number of amides is 1. The van der Waals surface area contributed by atoms with Crippen LogP contribution in [0.4, 0.5) is 10.1 Å². The Bertz CT molecular complexity index is 1240. The van der Waals surface area contributed by atoms with Crippen LogP contribution >= 0.6 is 11.8 Å². The predicted octanol–water partition coefficient (Wildman–Crippen LogP) is 6.88. The third kappa shape index (κ3) is 3.43. The lowest BCUT2D eigenvalue weighted by molar-refractivity contribution is 0.102. The van der Waals surface area contributed by atoms with Crippen LogP contribution in [0, 0.1) is 5.82 Å². The van der Waals surface area contributed by atoms with Gasteiger partial charge in [0.2, 0.25) is 0 Å². The minimum atomic E-state index is -0.346. The Morgan fingerprint density at radius 2 is 1.38 bits per heavy atom. The van der Waals surface area contributed by atoms with E-state index in [-0.39, 0.29) is 11.7 Å². The monoisotopic (exact) mass is 397 g/mol. The van der Waals surface area contributed by atoms with Crippen molar-refractivity contribution in [2.75, 3.05) is 5.32 Å². The molecule has 1 aliphatic heterocycles. The SMILES string of the molecule is O=C1Nc2cc(-c3cccc(-c4ccccc4)c3)ccc2Sc2cc(F)ccc21. The van der Waals surface area contributed by atoms with E-state index in [9.17, 15) is 9.18 Å². The lowest BCUT2D eigenvalue weighted by atomic mass is 9.99. The summed E-state index contributed by atoms with van der Waals surface area (Å²) in [4.78, 5) is 14.1. The summed E-state index contributed by atoms with van der Waals surface area (Å²) in [5, 5.41) is 2.97. The van der Waals surface area contributed by atoms with Gasteiger partial charge in [-0.05, 0) is 58.7 Å². The Hall–Kier alpha value is -3.37. The highest BCUT2D eigenvalue weighted by atomic mass is 32.2. The number of halogens is 1. The molecule has 0 saturated heterocycles. The van der Waals surface area contributed by atoms with Crippen LogP contribution in [0.5, 0.6) is 0 Å². The van der Waals surface area contributed by atoms with Gasteiger partial charge in [-0.25, -0.2) is 4.39 Å². The molecule has 4 aromatic carbocycles. The topological polar surface area (TPSA) is 29.1 Å². The summed E-state index contributed by atoms with van der Waals surface area (Å²) in [5.74, 6) is -0.566. The molecule has 2 nitrogen and oxygen atoms in total. The molecule has 0 aromatic heterocycles. The minimum absolute atomic E-state index is 0.221. The average Bonchev–Trinajstić information content (AvgIpc) is 2.89. The van der Waals surface area contributed by atoms with Crippen LogP contribution in [0.15, 0.2) is 101 Å². The molecule has 0 unspecified atom stereocenters. The molecule has 0 radical (unpaired) electrons. The summed E-state index contributed by atoms with van der Waals surface area (Å²) in [5.41, 5.74) is 5.60. The highest BCUT2D eigenvalue weighted by molar-refractivity contribution is 7.99. The van der Waals surface area contributed by atoms with E-state index in [0.29, 0.717) is 10.5 Å². The fourth-order valence-electron chi connectivity index (χ4n) is 3.48. The molecule has 5 rings (SSSR count). The zero-order valence-electron chi connectivity index (χ0n) is 15.4. The lowest BCUT2D eigenvalue weighted by Gasteiger charge is -2.10. The van der Waals surface area contributed by atoms with Crippen molar-refractivity contribution in [3.8, 4) is 22.3 Å². The van der Waals surface area contributed by atoms with E-state index in [4.69, 9.17) is 0 Å². The first-order chi connectivity index (χ1) is 14.2. The Morgan fingerprint density at radius 3 is 2.21 bits per heavy atom. The maximum Gasteiger partial charge on any atom is 0.256 e. The fraction of sp³-hybridized carbons (Fsp3) is 0. The van der Waals surface area contributed by atoms with Gasteiger partial charge < -0.3 is 5.32 Å². The summed E-state index contributed by atoms with van der Waals surface area (Å²) in [6, 6.07) is 28.8. The summed E-state index contributed by atoms with van der Waals surface area (Å²) in [6.45, 7) is 0. The first kappa shape index (κ1) is 17.7. The molecule has 0 bridgehead atoms. The zero-order chi connectivity index (χ0) is 19.8. The van der Waals surface area contributed by atoms with Gasteiger partial charge >= 0.3 is 0 Å². The fourth-order valence-corrected chi connectivity index (χ4v) is 4.52. The van der Waals surface area contributed by atoms with Gasteiger partial charge in [-0.3, -0.25) is 4.79 Å². The van der Waals surface area contributed by atoms with E-state index in [1.807, 2.05) is 42.5 Å². The number of carbonyl (C=O) groups excluding carboxylic acids is 1. The van der Waals surface area contributed by atoms with Gasteiger partial charge in [-0.15, -0.1) is 0 Å². The van der Waals surface area contributed by atoms with E-state index < -0.39 is 0 Å². The first-order valence-electron chi connectivity index (χ1n) is 9.26. The lowest BCUT2D eigenvalue weighted by Crippen LogP contribution is -2.11. The Balaban J connectivity index is 1.54. The quantitative estimate of drug-likeness (QED) is 0.400. The average molecular weight is 397 g/mol. The van der Waals surface area contributed by atoms with Crippen LogP contribution in [-0.2, 0) is 0 Å². The van der Waals surface area contributed by atoms with Crippen molar-refractivity contribution >= 4 is 23.4 Å². The van der Waals surface area contributed by atoms with Crippen LogP contribution in [0.2, 0.25) is 0 Å². The van der Waals surface area contributed by atoms with Crippen molar-refractivity contribution in [2.45, 2.75) is 9.79 Å². The number of nitrogens with one attached hydrogen (secondary N) is 1. The van der Waals surface area contributed by atoms with Gasteiger partial charge in [0.1, 0.15) is 5.82 Å². The van der Waals surface area contributed by atoms with Crippen molar-refractivity contribution < 1.29 is 9.18 Å². The van der Waals surface area contributed by atoms with Gasteiger partial charge in [0.25, 0.3) is 5.91 Å². The van der Waals surface area contributed by atoms with E-state index in [1.165, 1.54) is 30.0 Å². The molecule has 4 aromatic rings. The Labute approximate surface area is 172 Å². The number of hydrogen-bond donors (Lipinski definition) is 1. The molecule has 140 valence electrons. The third-order valence-electron chi connectivity index (χ3n) is 4.94. The highest BCUT2D eigenvalue weighted by Gasteiger charge is 2.21. The summed E-state index contributed by atoms with van der Waals surface area (Å²) >= 11 is 1.40. The zero-order valence-corrected chi connectivity index (χ0v) is 16.2. The van der Waals surface area contributed by atoms with Crippen LogP contribution < -0.4 is 5.32 Å². The molecular weight excluding hydrogens is 381 g/mol. The van der Waals surface area contributed by atoms with Gasteiger partial charge in [0, 0.05) is 9.79 Å². The summed E-state index contributed by atoms with van der Waals surface area (Å²) in [6.07, 6.45) is 0. The molecule has 0 atom stereocenters. The van der Waals surface area contributed by atoms with Crippen molar-refractivity contribution in [1.29, 1.82) is 0 Å². The number of anilines is 1. The molecule has 1 N–H and O–H groups in total. The predicted molar refractivity (Wildman–Crippen MR) is 116 cm³/mol. The third-order valence-corrected chi connectivity index (χ3v) is 6.07. The highest BCUT2D eigenvalue weighted by Crippen LogP contribution is 2.41. The molecule has 1 amide bonds. The maximum atomic E-state index is 13.6. The van der Waals surface area contributed by atoms with Crippen LogP contribution in [0.25, 0.3) is 22.3 Å². The molecule has 1 aliphatic rings. The summed E-state index contributed by atoms with van der Waals surface area (Å²) < 4.78 is 13.6. The second-order valence-corrected chi connectivity index (χ2v) is 7.94. The van der Waals surface area contributed by atoms with Gasteiger partial charge in [0.05, 0.1) is 11.3 Å². The minimum Gasteiger partial charge on any atom is -0.321 e. The number of carbonyl (C=O) groups is 1. The second kappa shape index (κ2) is 7.22. The largest absolute Gasteiger partial charge is 0.321 e. The molecule has 0 aliphatic carbocycles. The Morgan fingerprint density at radius 1 is 0.655 bits per heavy atom. The molecule has 0 saturated carbocycles. The van der Waals surface area contributed by atoms with Gasteiger partial charge in [-0.1, -0.05) is 66.4 Å². The molecule has 29 heavy (non-hydrogen) atoms.